The molecule has 2 aromatic rings. The van der Waals surface area contributed by atoms with E-state index in [9.17, 15) is 9.90 Å². The van der Waals surface area contributed by atoms with Crippen LogP contribution < -0.4 is 5.32 Å². The van der Waals surface area contributed by atoms with E-state index in [1.54, 1.807) is 0 Å². The van der Waals surface area contributed by atoms with Gasteiger partial charge in [0.05, 0.1) is 18.8 Å². The summed E-state index contributed by atoms with van der Waals surface area (Å²) in [5.74, 6) is 0.280. The normalized spacial score (nSPS) is 22.5. The van der Waals surface area contributed by atoms with E-state index in [0.717, 1.165) is 80.7 Å². The van der Waals surface area contributed by atoms with E-state index in [0.29, 0.717) is 19.8 Å². The van der Waals surface area contributed by atoms with E-state index in [4.69, 9.17) is 14.5 Å². The van der Waals surface area contributed by atoms with Gasteiger partial charge in [-0.2, -0.15) is 0 Å². The first-order valence-corrected chi connectivity index (χ1v) is 13.7. The lowest BCUT2D eigenvalue weighted by atomic mass is 9.89. The van der Waals surface area contributed by atoms with Crippen LogP contribution in [0.1, 0.15) is 73.0 Å². The number of carboxylic acid groups (broad SMARTS) is 1. The van der Waals surface area contributed by atoms with Gasteiger partial charge in [0.2, 0.25) is 0 Å². The summed E-state index contributed by atoms with van der Waals surface area (Å²) in [5, 5.41) is 13.6. The third-order valence-electron chi connectivity index (χ3n) is 7.87. The molecule has 1 fully saturated rings. The molecule has 0 saturated carbocycles. The second kappa shape index (κ2) is 11.7. The number of likely N-dealkylation sites (tertiary alicyclic amines) is 1. The number of carboxylic acids is 1. The molecule has 3 aliphatic heterocycles. The molecule has 1 saturated heterocycles. The summed E-state index contributed by atoms with van der Waals surface area (Å²) in [6.45, 7) is 5.80. The van der Waals surface area contributed by atoms with Gasteiger partial charge in [0.15, 0.2) is 0 Å². The molecule has 5 rings (SSSR count). The zero-order chi connectivity index (χ0) is 24.9. The molecule has 3 atom stereocenters. The molecular formula is C29H39N3O4. The zero-order valence-corrected chi connectivity index (χ0v) is 21.4. The largest absolute Gasteiger partial charge is 0.480 e. The Morgan fingerprint density at radius 1 is 1.28 bits per heavy atom. The van der Waals surface area contributed by atoms with Crippen LogP contribution >= 0.6 is 0 Å². The number of rotatable bonds is 10. The minimum Gasteiger partial charge on any atom is -0.480 e. The second-order valence-corrected chi connectivity index (χ2v) is 10.3. The Bertz CT molecular complexity index is 1060. The van der Waals surface area contributed by atoms with Crippen molar-refractivity contribution in [3.63, 3.8) is 0 Å². The maximum Gasteiger partial charge on any atom is 0.325 e. The van der Waals surface area contributed by atoms with Crippen molar-refractivity contribution < 1.29 is 19.4 Å². The average molecular weight is 494 g/mol. The molecule has 3 aliphatic rings. The van der Waals surface area contributed by atoms with Gasteiger partial charge in [-0.3, -0.25) is 9.69 Å². The number of fused-ring (bicyclic) bond motifs is 2. The van der Waals surface area contributed by atoms with Gasteiger partial charge in [-0.05, 0) is 79.7 Å². The summed E-state index contributed by atoms with van der Waals surface area (Å²) >= 11 is 0. The van der Waals surface area contributed by atoms with Crippen LogP contribution in [0.25, 0.3) is 0 Å². The van der Waals surface area contributed by atoms with Crippen LogP contribution in [0.5, 0.6) is 0 Å². The van der Waals surface area contributed by atoms with Gasteiger partial charge in [-0.15, -0.1) is 0 Å². The van der Waals surface area contributed by atoms with Crippen LogP contribution in [0.2, 0.25) is 0 Å². The minimum atomic E-state index is -0.782. The van der Waals surface area contributed by atoms with Crippen molar-refractivity contribution in [1.29, 1.82) is 0 Å². The Hall–Kier alpha value is -2.48. The first-order valence-electron chi connectivity index (χ1n) is 13.7. The molecule has 1 unspecified atom stereocenters. The fourth-order valence-corrected chi connectivity index (χ4v) is 5.83. The first-order chi connectivity index (χ1) is 17.6. The number of hydrogen-bond donors (Lipinski definition) is 2. The lowest BCUT2D eigenvalue weighted by Gasteiger charge is -2.31. The number of nitrogens with one attached hydrogen (secondary N) is 1. The molecule has 4 heterocycles. The standard InChI is InChI=1S/C29H39N3O4/c1-2-23-17-26-21(19-36-23)7-5-10-25(26)27(29(33)34)32-15-13-24(18-32)35-16-4-3-9-22-12-11-20-8-6-14-30-28(20)31-22/h5,7,10-12,23-24,27H,2-4,6,8-9,13-19H2,1H3,(H,30,31)(H,33,34)/t23?,24-,27+/m1/s1. The van der Waals surface area contributed by atoms with Crippen molar-refractivity contribution in [2.24, 2.45) is 0 Å². The Balaban J connectivity index is 1.12. The van der Waals surface area contributed by atoms with Crippen LogP contribution in [0.15, 0.2) is 30.3 Å². The van der Waals surface area contributed by atoms with E-state index < -0.39 is 12.0 Å². The summed E-state index contributed by atoms with van der Waals surface area (Å²) in [6.07, 6.45) is 8.12. The molecule has 1 aromatic heterocycles. The number of anilines is 1. The number of nitrogens with zero attached hydrogens (tertiary/aromatic N) is 2. The Morgan fingerprint density at radius 2 is 2.19 bits per heavy atom. The Kier molecular flexibility index (Phi) is 8.19. The molecule has 7 nitrogen and oxygen atoms in total. The molecular weight excluding hydrogens is 454 g/mol. The topological polar surface area (TPSA) is 83.9 Å². The third kappa shape index (κ3) is 5.74. The SMILES string of the molecule is CCC1Cc2c(cccc2[C@@H](C(=O)O)N2CC[C@@H](OCCCCc3ccc4c(n3)NCCC4)C2)CO1. The summed E-state index contributed by atoms with van der Waals surface area (Å²) in [6, 6.07) is 9.77. The van der Waals surface area contributed by atoms with E-state index in [-0.39, 0.29) is 12.2 Å². The van der Waals surface area contributed by atoms with Gasteiger partial charge in [0, 0.05) is 31.9 Å². The third-order valence-corrected chi connectivity index (χ3v) is 7.87. The average Bonchev–Trinajstić information content (AvgIpc) is 3.36. The quantitative estimate of drug-likeness (QED) is 0.471. The van der Waals surface area contributed by atoms with Crippen molar-refractivity contribution in [1.82, 2.24) is 9.88 Å². The van der Waals surface area contributed by atoms with Crippen molar-refractivity contribution in [2.45, 2.75) is 83.1 Å². The minimum absolute atomic E-state index is 0.0872. The predicted octanol–water partition coefficient (Wildman–Crippen LogP) is 4.53. The number of aryl methyl sites for hydroxylation is 2. The predicted molar refractivity (Wildman–Crippen MR) is 139 cm³/mol. The van der Waals surface area contributed by atoms with Crippen LogP contribution in [0.4, 0.5) is 5.82 Å². The molecule has 0 bridgehead atoms. The number of aromatic nitrogens is 1. The highest BCUT2D eigenvalue weighted by Gasteiger charge is 2.36. The van der Waals surface area contributed by atoms with Crippen LogP contribution in [0.3, 0.4) is 0 Å². The highest BCUT2D eigenvalue weighted by atomic mass is 16.5. The number of pyridine rings is 1. The molecule has 194 valence electrons. The van der Waals surface area contributed by atoms with Crippen LogP contribution in [-0.2, 0) is 40.1 Å². The van der Waals surface area contributed by atoms with Gasteiger partial charge in [0.25, 0.3) is 0 Å². The van der Waals surface area contributed by atoms with E-state index in [1.165, 1.54) is 17.5 Å². The molecule has 0 aliphatic carbocycles. The van der Waals surface area contributed by atoms with E-state index in [1.807, 2.05) is 12.1 Å². The maximum absolute atomic E-state index is 12.4. The van der Waals surface area contributed by atoms with Crippen LogP contribution in [0, 0.1) is 0 Å². The first kappa shape index (κ1) is 25.2. The fourth-order valence-electron chi connectivity index (χ4n) is 5.83. The summed E-state index contributed by atoms with van der Waals surface area (Å²) in [5.41, 5.74) is 5.68. The number of aliphatic carboxylic acids is 1. The Labute approximate surface area is 214 Å². The van der Waals surface area contributed by atoms with Crippen molar-refractivity contribution in [3.05, 3.63) is 58.3 Å². The Morgan fingerprint density at radius 3 is 3.06 bits per heavy atom. The summed E-state index contributed by atoms with van der Waals surface area (Å²) in [4.78, 5) is 19.3. The summed E-state index contributed by atoms with van der Waals surface area (Å²) < 4.78 is 12.1. The van der Waals surface area contributed by atoms with Crippen LogP contribution in [-0.4, -0.2) is 59.4 Å². The van der Waals surface area contributed by atoms with E-state index >= 15 is 0 Å². The monoisotopic (exact) mass is 493 g/mol. The van der Waals surface area contributed by atoms with Crippen molar-refractivity contribution in [3.8, 4) is 0 Å². The van der Waals surface area contributed by atoms with Crippen molar-refractivity contribution >= 4 is 11.8 Å². The maximum atomic E-state index is 12.4. The van der Waals surface area contributed by atoms with Gasteiger partial charge >= 0.3 is 5.97 Å². The number of benzene rings is 1. The van der Waals surface area contributed by atoms with Gasteiger partial charge < -0.3 is 19.9 Å². The fraction of sp³-hybridized carbons (Fsp3) is 0.586. The van der Waals surface area contributed by atoms with E-state index in [2.05, 4.69) is 35.3 Å². The molecule has 2 N–H and O–H groups in total. The molecule has 36 heavy (non-hydrogen) atoms. The smallest absolute Gasteiger partial charge is 0.325 e. The van der Waals surface area contributed by atoms with Gasteiger partial charge in [-0.25, -0.2) is 4.98 Å². The highest BCUT2D eigenvalue weighted by molar-refractivity contribution is 5.76. The van der Waals surface area contributed by atoms with Gasteiger partial charge in [0.1, 0.15) is 11.9 Å². The number of carbonyl (C=O) groups is 1. The second-order valence-electron chi connectivity index (χ2n) is 10.3. The molecule has 0 spiro atoms. The number of hydrogen-bond acceptors (Lipinski definition) is 6. The lowest BCUT2D eigenvalue weighted by Crippen LogP contribution is -2.35. The highest BCUT2D eigenvalue weighted by Crippen LogP contribution is 2.34. The van der Waals surface area contributed by atoms with Crippen molar-refractivity contribution in [2.75, 3.05) is 31.6 Å². The lowest BCUT2D eigenvalue weighted by molar-refractivity contribution is -0.143. The number of unbranched alkanes of at least 4 members (excludes halogenated alkanes) is 1. The van der Waals surface area contributed by atoms with Gasteiger partial charge in [-0.1, -0.05) is 31.2 Å². The molecule has 0 amide bonds. The summed E-state index contributed by atoms with van der Waals surface area (Å²) in [7, 11) is 0. The molecule has 7 heteroatoms. The molecule has 0 radical (unpaired) electrons. The number of ether oxygens (including phenoxy) is 2. The molecule has 1 aromatic carbocycles. The zero-order valence-electron chi connectivity index (χ0n) is 21.4.